The molecule has 9 heteroatoms. The first kappa shape index (κ1) is 18.2. The van der Waals surface area contributed by atoms with Gasteiger partial charge in [-0.15, -0.1) is 0 Å². The number of aryl methyl sites for hydroxylation is 1. The van der Waals surface area contributed by atoms with Crippen molar-refractivity contribution in [1.82, 2.24) is 19.5 Å². The van der Waals surface area contributed by atoms with Crippen LogP contribution in [0.1, 0.15) is 30.8 Å². The summed E-state index contributed by atoms with van der Waals surface area (Å²) in [4.78, 5) is 12.7. The van der Waals surface area contributed by atoms with Gasteiger partial charge in [-0.3, -0.25) is 0 Å². The molecule has 0 spiro atoms. The number of halogens is 1. The summed E-state index contributed by atoms with van der Waals surface area (Å²) in [7, 11) is 1.88. The van der Waals surface area contributed by atoms with Crippen molar-refractivity contribution in [3.05, 3.63) is 41.7 Å². The predicted octanol–water partition coefficient (Wildman–Crippen LogP) is 2.64. The number of nitrogens with one attached hydrogen (secondary N) is 1. The van der Waals surface area contributed by atoms with Crippen molar-refractivity contribution < 1.29 is 9.13 Å². The van der Waals surface area contributed by atoms with E-state index in [2.05, 4.69) is 15.3 Å². The number of fused-ring (bicyclic) bond motifs is 1. The molecule has 1 aromatic carbocycles. The Balaban J connectivity index is 1.77. The summed E-state index contributed by atoms with van der Waals surface area (Å²) in [5.74, 6) is 1.12. The molecule has 28 heavy (non-hydrogen) atoms. The van der Waals surface area contributed by atoms with Crippen molar-refractivity contribution >= 4 is 33.9 Å². The molecule has 1 aliphatic heterocycles. The highest BCUT2D eigenvalue weighted by Gasteiger charge is 2.22. The fourth-order valence-electron chi connectivity index (χ4n) is 3.54. The lowest BCUT2D eigenvalue weighted by molar-refractivity contribution is 0.161. The molecule has 2 aromatic heterocycles. The number of nitrogens with zero attached hydrogens (tertiary/aromatic N) is 4. The van der Waals surface area contributed by atoms with Crippen LogP contribution >= 0.6 is 0 Å². The van der Waals surface area contributed by atoms with Crippen LogP contribution < -0.4 is 16.8 Å². The van der Waals surface area contributed by atoms with Gasteiger partial charge in [0.05, 0.1) is 30.3 Å². The third-order valence-corrected chi connectivity index (χ3v) is 4.96. The number of hydrogen-bond donors (Lipinski definition) is 3. The first-order valence-electron chi connectivity index (χ1n) is 9.01. The fraction of sp³-hybridized carbons (Fsp3) is 0.316. The van der Waals surface area contributed by atoms with E-state index in [1.807, 2.05) is 24.6 Å². The molecule has 5 N–H and O–H groups in total. The van der Waals surface area contributed by atoms with Crippen molar-refractivity contribution in [2.75, 3.05) is 30.0 Å². The number of ether oxygens (including phenoxy) is 1. The van der Waals surface area contributed by atoms with Crippen LogP contribution in [0.25, 0.3) is 16.6 Å². The average molecular weight is 383 g/mol. The summed E-state index contributed by atoms with van der Waals surface area (Å²) in [5, 5.41) is 3.21. The Hall–Kier alpha value is -3.20. The maximum Gasteiger partial charge on any atom is 0.155 e. The quantitative estimate of drug-likeness (QED) is 0.634. The Labute approximate surface area is 161 Å². The topological polar surface area (TPSA) is 117 Å². The van der Waals surface area contributed by atoms with E-state index in [4.69, 9.17) is 21.2 Å². The molecule has 3 aromatic rings. The lowest BCUT2D eigenvalue weighted by Crippen LogP contribution is -2.15. The normalized spacial score (nSPS) is 15.5. The standard InChI is InChI=1S/C19H22FN7O/c1-10(25-18-15(21)17(22)23-9-24-18)19-26-13-4-3-12(20)14(16(13)27(19)2)11-5-7-28-8-6-11/h3-5,9-10H,6-8,21H2,1-2H3,(H3,22,23,24,25)/t10-/m0/s1. The number of rotatable bonds is 4. The van der Waals surface area contributed by atoms with Gasteiger partial charge >= 0.3 is 0 Å². The van der Waals surface area contributed by atoms with Crippen molar-refractivity contribution in [1.29, 1.82) is 0 Å². The van der Waals surface area contributed by atoms with E-state index in [0.717, 1.165) is 22.4 Å². The van der Waals surface area contributed by atoms with Crippen molar-refractivity contribution in [3.63, 3.8) is 0 Å². The van der Waals surface area contributed by atoms with E-state index in [9.17, 15) is 4.39 Å². The van der Waals surface area contributed by atoms with E-state index >= 15 is 0 Å². The molecule has 146 valence electrons. The highest BCUT2D eigenvalue weighted by Crippen LogP contribution is 2.33. The molecule has 0 saturated carbocycles. The van der Waals surface area contributed by atoms with Gasteiger partial charge in [-0.25, -0.2) is 19.3 Å². The Bertz CT molecular complexity index is 1080. The second-order valence-corrected chi connectivity index (χ2v) is 6.76. The Morgan fingerprint density at radius 3 is 2.86 bits per heavy atom. The maximum atomic E-state index is 14.8. The minimum absolute atomic E-state index is 0.213. The third kappa shape index (κ3) is 3.03. The van der Waals surface area contributed by atoms with Crippen molar-refractivity contribution in [2.45, 2.75) is 19.4 Å². The predicted molar refractivity (Wildman–Crippen MR) is 107 cm³/mol. The van der Waals surface area contributed by atoms with Gasteiger partial charge in [-0.1, -0.05) is 6.08 Å². The van der Waals surface area contributed by atoms with E-state index in [-0.39, 0.29) is 23.4 Å². The molecule has 0 aliphatic carbocycles. The first-order valence-corrected chi connectivity index (χ1v) is 9.01. The molecule has 0 bridgehead atoms. The van der Waals surface area contributed by atoms with Gasteiger partial charge < -0.3 is 26.1 Å². The fourth-order valence-corrected chi connectivity index (χ4v) is 3.54. The number of hydrogen-bond acceptors (Lipinski definition) is 7. The molecule has 0 fully saturated rings. The molecular weight excluding hydrogens is 361 g/mol. The summed E-state index contributed by atoms with van der Waals surface area (Å²) in [6.45, 7) is 3.00. The van der Waals surface area contributed by atoms with Gasteiger partial charge in [-0.05, 0) is 31.1 Å². The second-order valence-electron chi connectivity index (χ2n) is 6.76. The monoisotopic (exact) mass is 383 g/mol. The Kier molecular flexibility index (Phi) is 4.60. The molecule has 1 aliphatic rings. The minimum atomic E-state index is -0.261. The van der Waals surface area contributed by atoms with Gasteiger partial charge in [0.2, 0.25) is 0 Å². The highest BCUT2D eigenvalue weighted by atomic mass is 19.1. The third-order valence-electron chi connectivity index (χ3n) is 4.96. The minimum Gasteiger partial charge on any atom is -0.393 e. The van der Waals surface area contributed by atoms with Crippen LogP contribution in [0.4, 0.5) is 21.7 Å². The molecule has 3 heterocycles. The van der Waals surface area contributed by atoms with E-state index < -0.39 is 0 Å². The number of imidazole rings is 1. The van der Waals surface area contributed by atoms with Gasteiger partial charge in [0.1, 0.15) is 23.7 Å². The number of nitrogen functional groups attached to an aromatic ring is 2. The average Bonchev–Trinajstić information content (AvgIpc) is 3.03. The van der Waals surface area contributed by atoms with Gasteiger partial charge in [0, 0.05) is 12.6 Å². The van der Waals surface area contributed by atoms with Crippen LogP contribution in [0.5, 0.6) is 0 Å². The first-order chi connectivity index (χ1) is 13.5. The largest absolute Gasteiger partial charge is 0.393 e. The van der Waals surface area contributed by atoms with Gasteiger partial charge in [0.15, 0.2) is 11.6 Å². The summed E-state index contributed by atoms with van der Waals surface area (Å²) in [6, 6.07) is 2.92. The van der Waals surface area contributed by atoms with E-state index in [1.165, 1.54) is 12.4 Å². The highest BCUT2D eigenvalue weighted by molar-refractivity contribution is 5.90. The van der Waals surface area contributed by atoms with E-state index in [0.29, 0.717) is 31.0 Å². The molecule has 4 rings (SSSR count). The SMILES string of the molecule is C[C@H](Nc1ncnc(N)c1N)c1nc2ccc(F)c(C3=CCOCC3)c2n1C. The summed E-state index contributed by atoms with van der Waals surface area (Å²) in [6.07, 6.45) is 3.95. The van der Waals surface area contributed by atoms with Crippen LogP contribution in [-0.2, 0) is 11.8 Å². The van der Waals surface area contributed by atoms with Crippen LogP contribution in [0, 0.1) is 5.82 Å². The van der Waals surface area contributed by atoms with Gasteiger partial charge in [0.25, 0.3) is 0 Å². The maximum absolute atomic E-state index is 14.8. The smallest absolute Gasteiger partial charge is 0.155 e. The molecule has 0 amide bonds. The zero-order valence-electron chi connectivity index (χ0n) is 15.7. The van der Waals surface area contributed by atoms with Crippen LogP contribution in [0.15, 0.2) is 24.5 Å². The number of nitrogens with two attached hydrogens (primary N) is 2. The summed E-state index contributed by atoms with van der Waals surface area (Å²) < 4.78 is 22.0. The molecule has 1 atom stereocenters. The summed E-state index contributed by atoms with van der Waals surface area (Å²) in [5.41, 5.74) is 15.0. The Morgan fingerprint density at radius 1 is 1.29 bits per heavy atom. The second kappa shape index (κ2) is 7.08. The number of anilines is 3. The molecule has 0 radical (unpaired) electrons. The number of aromatic nitrogens is 4. The van der Waals surface area contributed by atoms with Gasteiger partial charge in [-0.2, -0.15) is 0 Å². The molecular formula is C19H22FN7O. The van der Waals surface area contributed by atoms with Crippen LogP contribution in [-0.4, -0.2) is 32.7 Å². The molecule has 8 nitrogen and oxygen atoms in total. The zero-order valence-corrected chi connectivity index (χ0v) is 15.7. The lowest BCUT2D eigenvalue weighted by Gasteiger charge is -2.18. The van der Waals surface area contributed by atoms with Crippen molar-refractivity contribution in [3.8, 4) is 0 Å². The van der Waals surface area contributed by atoms with Crippen LogP contribution in [0.3, 0.4) is 0 Å². The van der Waals surface area contributed by atoms with Crippen LogP contribution in [0.2, 0.25) is 0 Å². The molecule has 0 unspecified atom stereocenters. The van der Waals surface area contributed by atoms with E-state index in [1.54, 1.807) is 6.07 Å². The lowest BCUT2D eigenvalue weighted by atomic mass is 9.99. The van der Waals surface area contributed by atoms with Crippen molar-refractivity contribution in [2.24, 2.45) is 7.05 Å². The Morgan fingerprint density at radius 2 is 2.11 bits per heavy atom. The molecule has 0 saturated heterocycles. The summed E-state index contributed by atoms with van der Waals surface area (Å²) >= 11 is 0. The number of benzene rings is 1. The zero-order chi connectivity index (χ0) is 19.8.